The molecule has 0 saturated carbocycles. The molecule has 0 aliphatic carbocycles. The quantitative estimate of drug-likeness (QED) is 0.675. The molecule has 0 radical (unpaired) electrons. The summed E-state index contributed by atoms with van der Waals surface area (Å²) in [6, 6.07) is 7.59. The van der Waals surface area contributed by atoms with E-state index in [1.165, 1.54) is 24.3 Å². The molecule has 0 fully saturated rings. The van der Waals surface area contributed by atoms with Crippen LogP contribution in [0.15, 0.2) is 42.7 Å². The Morgan fingerprint density at radius 2 is 2.00 bits per heavy atom. The van der Waals surface area contributed by atoms with Gasteiger partial charge in [0.05, 0.1) is 18.1 Å². The molecule has 8 heteroatoms. The van der Waals surface area contributed by atoms with Crippen LogP contribution in [0, 0.1) is 19.7 Å². The molecule has 26 heavy (non-hydrogen) atoms. The van der Waals surface area contributed by atoms with Gasteiger partial charge in [-0.2, -0.15) is 5.10 Å². The Morgan fingerprint density at radius 3 is 2.69 bits per heavy atom. The van der Waals surface area contributed by atoms with Crippen LogP contribution in [0.25, 0.3) is 5.82 Å². The summed E-state index contributed by atoms with van der Waals surface area (Å²) < 4.78 is 20.0. The van der Waals surface area contributed by atoms with E-state index in [1.54, 1.807) is 17.1 Å². The molecule has 0 spiro atoms. The molecule has 7 nitrogen and oxygen atoms in total. The van der Waals surface area contributed by atoms with Gasteiger partial charge in [0.15, 0.2) is 5.82 Å². The molecular weight excluding hydrogens is 337 g/mol. The maximum absolute atomic E-state index is 12.8. The van der Waals surface area contributed by atoms with E-state index >= 15 is 0 Å². The van der Waals surface area contributed by atoms with Crippen molar-refractivity contribution in [2.45, 2.75) is 20.0 Å². The van der Waals surface area contributed by atoms with Crippen LogP contribution in [0.5, 0.6) is 5.75 Å². The number of aryl methyl sites for hydroxylation is 2. The molecule has 3 rings (SSSR count). The molecule has 136 valence electrons. The number of rotatable bonds is 7. The van der Waals surface area contributed by atoms with E-state index in [2.05, 4.69) is 20.4 Å². The van der Waals surface area contributed by atoms with Crippen LogP contribution >= 0.6 is 0 Å². The number of ether oxygens (including phenoxy) is 1. The zero-order chi connectivity index (χ0) is 18.5. The van der Waals surface area contributed by atoms with E-state index < -0.39 is 6.10 Å². The monoisotopic (exact) mass is 357 g/mol. The molecule has 3 aromatic rings. The number of aliphatic hydroxyl groups excluding tert-OH is 1. The zero-order valence-corrected chi connectivity index (χ0v) is 14.6. The van der Waals surface area contributed by atoms with Crippen molar-refractivity contribution in [3.8, 4) is 11.6 Å². The first-order valence-electron chi connectivity index (χ1n) is 8.17. The summed E-state index contributed by atoms with van der Waals surface area (Å²) in [4.78, 5) is 8.61. The van der Waals surface area contributed by atoms with Crippen LogP contribution in [0.4, 0.5) is 10.2 Å². The Labute approximate surface area is 150 Å². The molecule has 1 unspecified atom stereocenters. The van der Waals surface area contributed by atoms with Crippen molar-refractivity contribution in [3.05, 3.63) is 59.9 Å². The lowest BCUT2D eigenvalue weighted by molar-refractivity contribution is 0.117. The Hall–Kier alpha value is -3.00. The van der Waals surface area contributed by atoms with Crippen LogP contribution in [-0.4, -0.2) is 44.1 Å². The zero-order valence-electron chi connectivity index (χ0n) is 14.6. The molecule has 2 heterocycles. The Morgan fingerprint density at radius 1 is 1.23 bits per heavy atom. The third-order valence-corrected chi connectivity index (χ3v) is 3.62. The number of hydrogen-bond donors (Lipinski definition) is 2. The van der Waals surface area contributed by atoms with E-state index in [0.29, 0.717) is 17.4 Å². The fourth-order valence-corrected chi connectivity index (χ4v) is 2.41. The second-order valence-electron chi connectivity index (χ2n) is 5.90. The fourth-order valence-electron chi connectivity index (χ4n) is 2.41. The van der Waals surface area contributed by atoms with Crippen molar-refractivity contribution < 1.29 is 14.2 Å². The highest BCUT2D eigenvalue weighted by molar-refractivity contribution is 5.36. The number of halogens is 1. The molecule has 0 bridgehead atoms. The molecule has 2 aromatic heterocycles. The second-order valence-corrected chi connectivity index (χ2v) is 5.90. The predicted molar refractivity (Wildman–Crippen MR) is 95.0 cm³/mol. The van der Waals surface area contributed by atoms with Crippen molar-refractivity contribution in [1.82, 2.24) is 19.7 Å². The summed E-state index contributed by atoms with van der Waals surface area (Å²) >= 11 is 0. The van der Waals surface area contributed by atoms with E-state index in [0.717, 1.165) is 11.4 Å². The number of nitrogens with zero attached hydrogens (tertiary/aromatic N) is 4. The van der Waals surface area contributed by atoms with E-state index in [1.807, 2.05) is 19.9 Å². The van der Waals surface area contributed by atoms with Gasteiger partial charge in [-0.15, -0.1) is 0 Å². The Bertz CT molecular complexity index is 866. The minimum absolute atomic E-state index is 0.0726. The molecule has 1 aromatic carbocycles. The predicted octanol–water partition coefficient (Wildman–Crippen LogP) is 2.27. The number of aliphatic hydroxyl groups is 1. The minimum atomic E-state index is -0.765. The van der Waals surface area contributed by atoms with Crippen molar-refractivity contribution in [2.75, 3.05) is 18.5 Å². The smallest absolute Gasteiger partial charge is 0.174 e. The SMILES string of the molecule is Cc1cc(C)n(-c2cncc(NCC(O)COc3ccc(F)cc3)n2)n1. The number of benzene rings is 1. The van der Waals surface area contributed by atoms with Crippen LogP contribution in [0.3, 0.4) is 0 Å². The molecule has 0 aliphatic heterocycles. The molecule has 1 atom stereocenters. The average Bonchev–Trinajstić information content (AvgIpc) is 2.98. The lowest BCUT2D eigenvalue weighted by Crippen LogP contribution is -2.26. The third kappa shape index (κ3) is 4.54. The first-order chi connectivity index (χ1) is 12.5. The van der Waals surface area contributed by atoms with Crippen LogP contribution in [0.2, 0.25) is 0 Å². The van der Waals surface area contributed by atoms with Gasteiger partial charge in [-0.1, -0.05) is 0 Å². The van der Waals surface area contributed by atoms with Crippen LogP contribution in [0.1, 0.15) is 11.4 Å². The van der Waals surface area contributed by atoms with Gasteiger partial charge in [-0.05, 0) is 44.2 Å². The topological polar surface area (TPSA) is 85.1 Å². The summed E-state index contributed by atoms with van der Waals surface area (Å²) in [6.07, 6.45) is 2.43. The average molecular weight is 357 g/mol. The summed E-state index contributed by atoms with van der Waals surface area (Å²) in [5.41, 5.74) is 1.86. The van der Waals surface area contributed by atoms with E-state index in [4.69, 9.17) is 4.74 Å². The molecule has 0 amide bonds. The minimum Gasteiger partial charge on any atom is -0.491 e. The maximum atomic E-state index is 12.8. The highest BCUT2D eigenvalue weighted by atomic mass is 19.1. The Balaban J connectivity index is 1.55. The normalized spacial score (nSPS) is 12.0. The van der Waals surface area contributed by atoms with Gasteiger partial charge in [-0.25, -0.2) is 14.1 Å². The van der Waals surface area contributed by atoms with Crippen LogP contribution in [-0.2, 0) is 0 Å². The van der Waals surface area contributed by atoms with Gasteiger partial charge < -0.3 is 15.2 Å². The van der Waals surface area contributed by atoms with E-state index in [9.17, 15) is 9.50 Å². The summed E-state index contributed by atoms with van der Waals surface area (Å²) in [6.45, 7) is 4.16. The molecule has 0 aliphatic rings. The summed E-state index contributed by atoms with van der Waals surface area (Å²) in [5, 5.41) is 17.4. The number of nitrogens with one attached hydrogen (secondary N) is 1. The van der Waals surface area contributed by atoms with Crippen molar-refractivity contribution in [3.63, 3.8) is 0 Å². The third-order valence-electron chi connectivity index (χ3n) is 3.62. The fraction of sp³-hybridized carbons (Fsp3) is 0.278. The number of anilines is 1. The maximum Gasteiger partial charge on any atom is 0.174 e. The molecular formula is C18H20FN5O2. The summed E-state index contributed by atoms with van der Waals surface area (Å²) in [5.74, 6) is 1.28. The molecule has 2 N–H and O–H groups in total. The van der Waals surface area contributed by atoms with Crippen molar-refractivity contribution >= 4 is 5.82 Å². The highest BCUT2D eigenvalue weighted by Gasteiger charge is 2.09. The lowest BCUT2D eigenvalue weighted by Gasteiger charge is -2.14. The second kappa shape index (κ2) is 7.92. The highest BCUT2D eigenvalue weighted by Crippen LogP contribution is 2.12. The summed E-state index contributed by atoms with van der Waals surface area (Å²) in [7, 11) is 0. The number of aromatic nitrogens is 4. The van der Waals surface area contributed by atoms with Gasteiger partial charge in [-0.3, -0.25) is 4.98 Å². The first kappa shape index (κ1) is 17.8. The molecule has 0 saturated heterocycles. The standard InChI is InChI=1S/C18H20FN5O2/c1-12-7-13(2)24(23-12)18-10-20-9-17(22-18)21-8-15(25)11-26-16-5-3-14(19)4-6-16/h3-7,9-10,15,25H,8,11H2,1-2H3,(H,21,22). The first-order valence-corrected chi connectivity index (χ1v) is 8.17. The lowest BCUT2D eigenvalue weighted by atomic mass is 10.3. The van der Waals surface area contributed by atoms with E-state index in [-0.39, 0.29) is 19.0 Å². The van der Waals surface area contributed by atoms with Gasteiger partial charge in [0.1, 0.15) is 30.1 Å². The van der Waals surface area contributed by atoms with Crippen LogP contribution < -0.4 is 10.1 Å². The largest absolute Gasteiger partial charge is 0.491 e. The Kier molecular flexibility index (Phi) is 5.43. The van der Waals surface area contributed by atoms with Gasteiger partial charge in [0, 0.05) is 12.2 Å². The van der Waals surface area contributed by atoms with Crippen molar-refractivity contribution in [1.29, 1.82) is 0 Å². The van der Waals surface area contributed by atoms with Gasteiger partial charge >= 0.3 is 0 Å². The van der Waals surface area contributed by atoms with Gasteiger partial charge in [0.2, 0.25) is 0 Å². The number of hydrogen-bond acceptors (Lipinski definition) is 6. The van der Waals surface area contributed by atoms with Crippen molar-refractivity contribution in [2.24, 2.45) is 0 Å². The van der Waals surface area contributed by atoms with Gasteiger partial charge in [0.25, 0.3) is 0 Å².